The van der Waals surface area contributed by atoms with Crippen LogP contribution in [0.25, 0.3) is 0 Å². The second kappa shape index (κ2) is 10.5. The lowest BCUT2D eigenvalue weighted by Crippen LogP contribution is -2.32. The minimum Gasteiger partial charge on any atom is -0.325 e. The summed E-state index contributed by atoms with van der Waals surface area (Å²) in [5.41, 5.74) is -0.609. The van der Waals surface area contributed by atoms with Gasteiger partial charge in [0.1, 0.15) is 11.8 Å². The number of rotatable bonds is 5. The van der Waals surface area contributed by atoms with Gasteiger partial charge < -0.3 is 5.32 Å². The number of carbonyl (C=O) groups is 3. The Morgan fingerprint density at radius 1 is 1.00 bits per heavy atom. The summed E-state index contributed by atoms with van der Waals surface area (Å²) in [7, 11) is 0. The number of aromatic nitrogens is 1. The number of thiophene rings is 1. The molecule has 1 N–H and O–H groups in total. The van der Waals surface area contributed by atoms with E-state index < -0.39 is 58.0 Å². The van der Waals surface area contributed by atoms with Gasteiger partial charge in [-0.1, -0.05) is 46.8 Å². The normalized spacial score (nSPS) is 20.2. The van der Waals surface area contributed by atoms with Crippen molar-refractivity contribution in [3.8, 4) is 0 Å². The summed E-state index contributed by atoms with van der Waals surface area (Å²) < 4.78 is 40.5. The maximum atomic E-state index is 13.8. The molecule has 210 valence electrons. The molecule has 4 aromatic rings. The van der Waals surface area contributed by atoms with Crippen LogP contribution in [-0.4, -0.2) is 27.5 Å². The van der Waals surface area contributed by atoms with Gasteiger partial charge in [-0.2, -0.15) is 13.2 Å². The SMILES string of the molecule is O=C(Cn1c2c(sc1=O)[C@@H](c1cccs1)[C@@H]1C(=O)N(c3ccc(Cl)cc3)C(=O)[C@@H]1S2)Nc1cccc(C(F)(F)F)c1. The van der Waals surface area contributed by atoms with Gasteiger partial charge in [-0.25, -0.2) is 4.90 Å². The van der Waals surface area contributed by atoms with E-state index >= 15 is 0 Å². The summed E-state index contributed by atoms with van der Waals surface area (Å²) in [6, 6.07) is 14.2. The summed E-state index contributed by atoms with van der Waals surface area (Å²) in [5, 5.41) is 4.24. The first kappa shape index (κ1) is 27.8. The molecule has 4 heterocycles. The number of alkyl halides is 3. The first-order valence-electron chi connectivity index (χ1n) is 12.1. The molecule has 2 aliphatic rings. The summed E-state index contributed by atoms with van der Waals surface area (Å²) >= 11 is 9.34. The molecule has 0 unspecified atom stereocenters. The zero-order valence-corrected chi connectivity index (χ0v) is 23.8. The Hall–Kier alpha value is -3.39. The number of thiazole rings is 1. The van der Waals surface area contributed by atoms with E-state index in [1.807, 2.05) is 17.5 Å². The van der Waals surface area contributed by atoms with Gasteiger partial charge in [0, 0.05) is 26.4 Å². The Bertz CT molecular complexity index is 1730. The van der Waals surface area contributed by atoms with Gasteiger partial charge in [0.15, 0.2) is 0 Å². The molecule has 0 saturated carbocycles. The number of carbonyl (C=O) groups excluding carboxylic acids is 3. The van der Waals surface area contributed by atoms with E-state index in [0.717, 1.165) is 45.0 Å². The van der Waals surface area contributed by atoms with E-state index in [-0.39, 0.29) is 5.69 Å². The van der Waals surface area contributed by atoms with Gasteiger partial charge in [0.2, 0.25) is 17.7 Å². The Labute approximate surface area is 247 Å². The zero-order valence-electron chi connectivity index (χ0n) is 20.6. The van der Waals surface area contributed by atoms with Crippen LogP contribution in [0.5, 0.6) is 0 Å². The van der Waals surface area contributed by atoms with Gasteiger partial charge in [-0.3, -0.25) is 23.7 Å². The second-order valence-corrected chi connectivity index (χ2v) is 12.8. The maximum absolute atomic E-state index is 13.8. The number of anilines is 2. The quantitative estimate of drug-likeness (QED) is 0.269. The lowest BCUT2D eigenvalue weighted by atomic mass is 9.87. The largest absolute Gasteiger partial charge is 0.416 e. The number of hydrogen-bond donors (Lipinski definition) is 1. The minimum atomic E-state index is -4.58. The monoisotopic (exact) mass is 635 g/mol. The lowest BCUT2D eigenvalue weighted by molar-refractivity contribution is -0.137. The molecule has 2 aromatic carbocycles. The topological polar surface area (TPSA) is 88.5 Å². The molecule has 3 amide bonds. The van der Waals surface area contributed by atoms with Crippen molar-refractivity contribution in [1.82, 2.24) is 4.57 Å². The van der Waals surface area contributed by atoms with Gasteiger partial charge in [0.25, 0.3) is 0 Å². The third kappa shape index (κ3) is 5.00. The molecular weight excluding hydrogens is 619 g/mol. The predicted octanol–water partition coefficient (Wildman–Crippen LogP) is 6.08. The van der Waals surface area contributed by atoms with Crippen molar-refractivity contribution >= 4 is 75.1 Å². The predicted molar refractivity (Wildman–Crippen MR) is 152 cm³/mol. The highest BCUT2D eigenvalue weighted by atomic mass is 35.5. The van der Waals surface area contributed by atoms with Crippen LogP contribution in [0.1, 0.15) is 21.2 Å². The molecule has 7 nitrogen and oxygen atoms in total. The van der Waals surface area contributed by atoms with Gasteiger partial charge >= 0.3 is 11.0 Å². The fourth-order valence-electron chi connectivity index (χ4n) is 4.99. The van der Waals surface area contributed by atoms with Crippen molar-refractivity contribution in [3.63, 3.8) is 0 Å². The van der Waals surface area contributed by atoms with Crippen LogP contribution in [0, 0.1) is 5.92 Å². The molecule has 3 atom stereocenters. The second-order valence-electron chi connectivity index (χ2n) is 9.30. The van der Waals surface area contributed by atoms with Gasteiger partial charge in [0.05, 0.1) is 22.2 Å². The Kier molecular flexibility index (Phi) is 7.09. The molecule has 0 radical (unpaired) electrons. The van der Waals surface area contributed by atoms with E-state index in [0.29, 0.717) is 20.6 Å². The van der Waals surface area contributed by atoms with Crippen LogP contribution < -0.4 is 15.1 Å². The fourth-order valence-corrected chi connectivity index (χ4v) is 8.84. The molecular formula is C27H17ClF3N3O4S3. The van der Waals surface area contributed by atoms with Crippen LogP contribution in [0.4, 0.5) is 24.5 Å². The average Bonchev–Trinajstić information content (AvgIpc) is 3.62. The summed E-state index contributed by atoms with van der Waals surface area (Å²) in [4.78, 5) is 55.5. The highest BCUT2D eigenvalue weighted by molar-refractivity contribution is 8.00. The highest BCUT2D eigenvalue weighted by Crippen LogP contribution is 2.54. The zero-order chi connectivity index (χ0) is 29.1. The molecule has 14 heteroatoms. The minimum absolute atomic E-state index is 0.0682. The number of halogens is 4. The van der Waals surface area contributed by atoms with E-state index in [1.54, 1.807) is 24.3 Å². The molecule has 0 aliphatic carbocycles. The molecule has 0 bridgehead atoms. The number of hydrogen-bond acceptors (Lipinski definition) is 7. The number of fused-ring (bicyclic) bond motifs is 2. The smallest absolute Gasteiger partial charge is 0.325 e. The number of imide groups is 1. The van der Waals surface area contributed by atoms with E-state index in [2.05, 4.69) is 5.32 Å². The maximum Gasteiger partial charge on any atom is 0.416 e. The lowest BCUT2D eigenvalue weighted by Gasteiger charge is -2.29. The first-order chi connectivity index (χ1) is 19.5. The van der Waals surface area contributed by atoms with Crippen molar-refractivity contribution in [2.24, 2.45) is 5.92 Å². The van der Waals surface area contributed by atoms with Crippen molar-refractivity contribution in [3.05, 3.63) is 96.1 Å². The number of nitrogens with one attached hydrogen (secondary N) is 1. The van der Waals surface area contributed by atoms with Crippen LogP contribution in [0.3, 0.4) is 0 Å². The number of nitrogens with zero attached hydrogens (tertiary/aromatic N) is 2. The molecule has 41 heavy (non-hydrogen) atoms. The standard InChI is InChI=1S/C27H17ClF3N3O4S3/c28-14-6-8-16(9-7-14)34-23(36)20-19(17-5-2-10-39-17)22-25(40-21(20)24(34)37)33(26(38)41-22)12-18(35)32-15-4-1-3-13(11-15)27(29,30)31/h1-11,19-21H,12H2,(H,32,35)/t19-,20-,21+/m0/s1. The van der Waals surface area contributed by atoms with Crippen LogP contribution in [0.2, 0.25) is 5.02 Å². The highest BCUT2D eigenvalue weighted by Gasteiger charge is 2.57. The average molecular weight is 636 g/mol. The van der Waals surface area contributed by atoms with Crippen molar-refractivity contribution in [2.45, 2.75) is 28.9 Å². The molecule has 2 aromatic heterocycles. The van der Waals surface area contributed by atoms with Crippen LogP contribution in [0.15, 0.2) is 75.9 Å². The third-order valence-corrected chi connectivity index (χ3v) is 10.6. The van der Waals surface area contributed by atoms with E-state index in [9.17, 15) is 32.3 Å². The van der Waals surface area contributed by atoms with Crippen molar-refractivity contribution in [2.75, 3.05) is 10.2 Å². The third-order valence-electron chi connectivity index (χ3n) is 6.76. The number of benzene rings is 2. The Morgan fingerprint density at radius 2 is 1.76 bits per heavy atom. The summed E-state index contributed by atoms with van der Waals surface area (Å²) in [6.45, 7) is -0.481. The van der Waals surface area contributed by atoms with Crippen LogP contribution in [-0.2, 0) is 27.1 Å². The first-order valence-corrected chi connectivity index (χ1v) is 15.0. The van der Waals surface area contributed by atoms with Gasteiger partial charge in [-0.15, -0.1) is 11.3 Å². The molecule has 2 aliphatic heterocycles. The van der Waals surface area contributed by atoms with E-state index in [4.69, 9.17) is 11.6 Å². The fraction of sp³-hybridized carbons (Fsp3) is 0.185. The number of thioether (sulfide) groups is 1. The molecule has 1 saturated heterocycles. The molecule has 6 rings (SSSR count). The Morgan fingerprint density at radius 3 is 2.44 bits per heavy atom. The Balaban J connectivity index is 1.35. The van der Waals surface area contributed by atoms with E-state index in [1.165, 1.54) is 28.0 Å². The van der Waals surface area contributed by atoms with Crippen LogP contribution >= 0.6 is 46.0 Å². The van der Waals surface area contributed by atoms with Gasteiger partial charge in [-0.05, 0) is 53.9 Å². The molecule has 0 spiro atoms. The van der Waals surface area contributed by atoms with Crippen molar-refractivity contribution < 1.29 is 27.6 Å². The van der Waals surface area contributed by atoms with Crippen molar-refractivity contribution in [1.29, 1.82) is 0 Å². The summed E-state index contributed by atoms with van der Waals surface area (Å²) in [6.07, 6.45) is -4.58. The summed E-state index contributed by atoms with van der Waals surface area (Å²) in [5.74, 6) is -2.92. The molecule has 1 fully saturated rings. The number of amides is 3.